The molecule has 1 saturated carbocycles. The predicted molar refractivity (Wildman–Crippen MR) is 92.7 cm³/mol. The van der Waals surface area contributed by atoms with Crippen molar-refractivity contribution in [2.45, 2.75) is 32.7 Å². The number of anilines is 2. The summed E-state index contributed by atoms with van der Waals surface area (Å²) in [4.78, 5) is 16.6. The number of rotatable bonds is 4. The van der Waals surface area contributed by atoms with Gasteiger partial charge in [0.15, 0.2) is 5.82 Å². The summed E-state index contributed by atoms with van der Waals surface area (Å²) in [6, 6.07) is 8.04. The first kappa shape index (κ1) is 14.7. The molecule has 0 spiro atoms. The second kappa shape index (κ2) is 5.63. The molecule has 0 saturated heterocycles. The van der Waals surface area contributed by atoms with Crippen LogP contribution in [0, 0.1) is 13.8 Å². The van der Waals surface area contributed by atoms with Gasteiger partial charge in [-0.15, -0.1) is 0 Å². The van der Waals surface area contributed by atoms with E-state index in [0.29, 0.717) is 11.6 Å². The largest absolute Gasteiger partial charge is 0.349 e. The molecule has 122 valence electrons. The van der Waals surface area contributed by atoms with E-state index in [4.69, 9.17) is 0 Å². The standard InChI is InChI=1S/C18H19N5O/c1-11-3-4-13(18(24)21-14-5-6-14)9-15(11)22-17-16-12(2)7-8-23(16)20-10-19-17/h3-4,7-10,14H,5-6H2,1-2H3,(H,21,24)(H,19,20,22). The zero-order valence-electron chi connectivity index (χ0n) is 13.7. The van der Waals surface area contributed by atoms with E-state index < -0.39 is 0 Å². The van der Waals surface area contributed by atoms with Gasteiger partial charge >= 0.3 is 0 Å². The van der Waals surface area contributed by atoms with Crippen molar-refractivity contribution in [2.24, 2.45) is 0 Å². The molecule has 3 aromatic rings. The topological polar surface area (TPSA) is 71.3 Å². The van der Waals surface area contributed by atoms with Gasteiger partial charge in [-0.3, -0.25) is 4.79 Å². The molecule has 1 aromatic carbocycles. The van der Waals surface area contributed by atoms with E-state index in [1.807, 2.05) is 44.3 Å². The summed E-state index contributed by atoms with van der Waals surface area (Å²) in [6.07, 6.45) is 5.59. The molecule has 0 unspecified atom stereocenters. The van der Waals surface area contributed by atoms with Gasteiger partial charge in [-0.05, 0) is 56.0 Å². The van der Waals surface area contributed by atoms with E-state index in [2.05, 4.69) is 20.7 Å². The number of aryl methyl sites for hydroxylation is 2. The van der Waals surface area contributed by atoms with Crippen LogP contribution >= 0.6 is 0 Å². The summed E-state index contributed by atoms with van der Waals surface area (Å²) in [5.74, 6) is 0.711. The van der Waals surface area contributed by atoms with Crippen molar-refractivity contribution in [2.75, 3.05) is 5.32 Å². The van der Waals surface area contributed by atoms with Crippen LogP contribution < -0.4 is 10.6 Å². The first-order valence-electron chi connectivity index (χ1n) is 8.09. The molecule has 24 heavy (non-hydrogen) atoms. The fourth-order valence-corrected chi connectivity index (χ4v) is 2.72. The third-order valence-corrected chi connectivity index (χ3v) is 4.32. The average Bonchev–Trinajstić information content (AvgIpc) is 3.30. The number of carbonyl (C=O) groups excluding carboxylic acids is 1. The van der Waals surface area contributed by atoms with E-state index >= 15 is 0 Å². The summed E-state index contributed by atoms with van der Waals surface area (Å²) in [6.45, 7) is 4.03. The van der Waals surface area contributed by atoms with Gasteiger partial charge in [0, 0.05) is 23.5 Å². The van der Waals surface area contributed by atoms with E-state index in [9.17, 15) is 4.79 Å². The minimum absolute atomic E-state index is 0.0211. The monoisotopic (exact) mass is 321 g/mol. The van der Waals surface area contributed by atoms with Crippen molar-refractivity contribution >= 4 is 22.9 Å². The number of carbonyl (C=O) groups is 1. The van der Waals surface area contributed by atoms with Crippen LogP contribution in [0.25, 0.3) is 5.52 Å². The minimum Gasteiger partial charge on any atom is -0.349 e. The van der Waals surface area contributed by atoms with Crippen molar-refractivity contribution < 1.29 is 4.79 Å². The molecule has 1 amide bonds. The fourth-order valence-electron chi connectivity index (χ4n) is 2.72. The second-order valence-electron chi connectivity index (χ2n) is 6.30. The lowest BCUT2D eigenvalue weighted by atomic mass is 10.1. The highest BCUT2D eigenvalue weighted by Crippen LogP contribution is 2.26. The highest BCUT2D eigenvalue weighted by atomic mass is 16.1. The highest BCUT2D eigenvalue weighted by molar-refractivity contribution is 5.96. The first-order chi connectivity index (χ1) is 11.6. The first-order valence-corrected chi connectivity index (χ1v) is 8.09. The molecular formula is C18H19N5O. The van der Waals surface area contributed by atoms with Crippen LogP contribution in [0.5, 0.6) is 0 Å². The molecule has 0 bridgehead atoms. The molecule has 0 atom stereocenters. The van der Waals surface area contributed by atoms with Crippen molar-refractivity contribution in [1.29, 1.82) is 0 Å². The molecular weight excluding hydrogens is 302 g/mol. The van der Waals surface area contributed by atoms with Gasteiger partial charge in [0.05, 0.1) is 0 Å². The van der Waals surface area contributed by atoms with Crippen molar-refractivity contribution in [1.82, 2.24) is 19.9 Å². The molecule has 1 aliphatic rings. The summed E-state index contributed by atoms with van der Waals surface area (Å²) in [5, 5.41) is 10.6. The molecule has 4 rings (SSSR count). The van der Waals surface area contributed by atoms with Gasteiger partial charge in [-0.1, -0.05) is 6.07 Å². The average molecular weight is 321 g/mol. The number of nitrogens with one attached hydrogen (secondary N) is 2. The van der Waals surface area contributed by atoms with E-state index in [1.54, 1.807) is 4.52 Å². The lowest BCUT2D eigenvalue weighted by molar-refractivity contribution is 0.0951. The number of nitrogens with zero attached hydrogens (tertiary/aromatic N) is 3. The Hall–Kier alpha value is -2.89. The van der Waals surface area contributed by atoms with Gasteiger partial charge < -0.3 is 10.6 Å². The summed E-state index contributed by atoms with van der Waals surface area (Å²) < 4.78 is 1.80. The van der Waals surface area contributed by atoms with Gasteiger partial charge in [0.25, 0.3) is 5.91 Å². The SMILES string of the molecule is Cc1ccc(C(=O)NC2CC2)cc1Nc1ncnn2ccc(C)c12. The van der Waals surface area contributed by atoms with Crippen LogP contribution in [0.2, 0.25) is 0 Å². The zero-order chi connectivity index (χ0) is 16.7. The molecule has 1 aliphatic carbocycles. The van der Waals surface area contributed by atoms with Crippen LogP contribution in [0.15, 0.2) is 36.8 Å². The predicted octanol–water partition coefficient (Wildman–Crippen LogP) is 2.98. The maximum absolute atomic E-state index is 12.3. The number of fused-ring (bicyclic) bond motifs is 1. The Bertz CT molecular complexity index is 926. The van der Waals surface area contributed by atoms with Crippen molar-refractivity contribution in [3.8, 4) is 0 Å². The molecule has 1 fully saturated rings. The smallest absolute Gasteiger partial charge is 0.251 e. The Morgan fingerprint density at radius 3 is 2.83 bits per heavy atom. The quantitative estimate of drug-likeness (QED) is 0.775. The van der Waals surface area contributed by atoms with Crippen LogP contribution in [0.1, 0.15) is 34.3 Å². The van der Waals surface area contributed by atoms with Crippen molar-refractivity contribution in [3.63, 3.8) is 0 Å². The fraction of sp³-hybridized carbons (Fsp3) is 0.278. The second-order valence-corrected chi connectivity index (χ2v) is 6.30. The normalized spacial score (nSPS) is 13.9. The summed E-state index contributed by atoms with van der Waals surface area (Å²) >= 11 is 0. The Kier molecular flexibility index (Phi) is 3.45. The van der Waals surface area contributed by atoms with Gasteiger partial charge in [-0.25, -0.2) is 9.50 Å². The van der Waals surface area contributed by atoms with Crippen LogP contribution in [0.4, 0.5) is 11.5 Å². The lowest BCUT2D eigenvalue weighted by Crippen LogP contribution is -2.25. The molecule has 0 radical (unpaired) electrons. The van der Waals surface area contributed by atoms with Gasteiger partial charge in [0.2, 0.25) is 0 Å². The van der Waals surface area contributed by atoms with E-state index in [0.717, 1.165) is 41.0 Å². The third kappa shape index (κ3) is 2.71. The molecule has 2 heterocycles. The lowest BCUT2D eigenvalue weighted by Gasteiger charge is -2.12. The number of amides is 1. The van der Waals surface area contributed by atoms with Gasteiger partial charge in [0.1, 0.15) is 11.8 Å². The molecule has 6 nitrogen and oxygen atoms in total. The molecule has 0 aliphatic heterocycles. The summed E-state index contributed by atoms with van der Waals surface area (Å²) in [7, 11) is 0. The highest BCUT2D eigenvalue weighted by Gasteiger charge is 2.24. The molecule has 6 heteroatoms. The minimum atomic E-state index is -0.0211. The summed E-state index contributed by atoms with van der Waals surface area (Å²) in [5.41, 5.74) is 4.62. The van der Waals surface area contributed by atoms with Crippen LogP contribution in [-0.4, -0.2) is 26.5 Å². The van der Waals surface area contributed by atoms with Gasteiger partial charge in [-0.2, -0.15) is 5.10 Å². The maximum Gasteiger partial charge on any atom is 0.251 e. The van der Waals surface area contributed by atoms with Crippen LogP contribution in [0.3, 0.4) is 0 Å². The number of aromatic nitrogens is 3. The van der Waals surface area contributed by atoms with E-state index in [-0.39, 0.29) is 5.91 Å². The van der Waals surface area contributed by atoms with Crippen molar-refractivity contribution in [3.05, 3.63) is 53.5 Å². The third-order valence-electron chi connectivity index (χ3n) is 4.32. The Morgan fingerprint density at radius 1 is 1.21 bits per heavy atom. The Morgan fingerprint density at radius 2 is 2.04 bits per heavy atom. The maximum atomic E-state index is 12.3. The Labute approximate surface area is 139 Å². The zero-order valence-corrected chi connectivity index (χ0v) is 13.7. The van der Waals surface area contributed by atoms with Crippen LogP contribution in [-0.2, 0) is 0 Å². The number of benzene rings is 1. The number of hydrogen-bond acceptors (Lipinski definition) is 4. The van der Waals surface area contributed by atoms with E-state index in [1.165, 1.54) is 6.33 Å². The molecule has 2 aromatic heterocycles. The number of hydrogen-bond donors (Lipinski definition) is 2. The Balaban J connectivity index is 1.67. The molecule has 2 N–H and O–H groups in total.